The monoisotopic (exact) mass is 390 g/mol. The lowest BCUT2D eigenvalue weighted by atomic mass is 9.89. The standard InChI is InChI=1S/C25H30N2O2/c1-3-18-4-6-19(7-5-18)8-11-25(28)27-14-12-20(13-15-27)23-17-26-24-10-9-21(29-2)16-22(23)24/h4-7,9-10,16-17,20,26H,3,8,11-15H2,1-2H3. The molecule has 4 heteroatoms. The Balaban J connectivity index is 1.33. The van der Waals surface area contributed by atoms with Crippen LogP contribution in [0.2, 0.25) is 0 Å². The Kier molecular flexibility index (Phi) is 5.89. The molecule has 0 bridgehead atoms. The Morgan fingerprint density at radius 1 is 1.10 bits per heavy atom. The highest BCUT2D eigenvalue weighted by atomic mass is 16.5. The molecular formula is C25H30N2O2. The van der Waals surface area contributed by atoms with E-state index in [1.165, 1.54) is 22.1 Å². The molecule has 1 fully saturated rings. The number of aromatic nitrogens is 1. The maximum Gasteiger partial charge on any atom is 0.222 e. The summed E-state index contributed by atoms with van der Waals surface area (Å²) < 4.78 is 5.39. The largest absolute Gasteiger partial charge is 0.497 e. The Hall–Kier alpha value is -2.75. The minimum atomic E-state index is 0.281. The Bertz CT molecular complexity index is 966. The van der Waals surface area contributed by atoms with Gasteiger partial charge in [-0.15, -0.1) is 0 Å². The molecular weight excluding hydrogens is 360 g/mol. The second-order valence-electron chi connectivity index (χ2n) is 7.98. The average molecular weight is 391 g/mol. The van der Waals surface area contributed by atoms with E-state index in [0.717, 1.165) is 50.0 Å². The van der Waals surface area contributed by atoms with Gasteiger partial charge in [0.1, 0.15) is 5.75 Å². The summed E-state index contributed by atoms with van der Waals surface area (Å²) in [6.45, 7) is 3.85. The minimum absolute atomic E-state index is 0.281. The molecule has 1 aliphatic heterocycles. The smallest absolute Gasteiger partial charge is 0.222 e. The molecule has 0 aliphatic carbocycles. The normalized spacial score (nSPS) is 15.0. The number of aryl methyl sites for hydroxylation is 2. The number of H-pyrrole nitrogens is 1. The van der Waals surface area contributed by atoms with E-state index < -0.39 is 0 Å². The van der Waals surface area contributed by atoms with Crippen LogP contribution in [0.15, 0.2) is 48.7 Å². The zero-order valence-electron chi connectivity index (χ0n) is 17.4. The van der Waals surface area contributed by atoms with Gasteiger partial charge in [0.05, 0.1) is 7.11 Å². The van der Waals surface area contributed by atoms with Crippen LogP contribution < -0.4 is 4.74 Å². The van der Waals surface area contributed by atoms with Gasteiger partial charge in [-0.05, 0) is 66.5 Å². The van der Waals surface area contributed by atoms with Crippen LogP contribution in [0, 0.1) is 0 Å². The van der Waals surface area contributed by atoms with Crippen LogP contribution in [-0.4, -0.2) is 36.0 Å². The molecule has 4 nitrogen and oxygen atoms in total. The average Bonchev–Trinajstić information content (AvgIpc) is 3.21. The third-order valence-electron chi connectivity index (χ3n) is 6.27. The first-order valence-corrected chi connectivity index (χ1v) is 10.7. The summed E-state index contributed by atoms with van der Waals surface area (Å²) in [6, 6.07) is 14.8. The van der Waals surface area contributed by atoms with Crippen LogP contribution >= 0.6 is 0 Å². The maximum atomic E-state index is 12.7. The number of nitrogens with zero attached hydrogens (tertiary/aromatic N) is 1. The van der Waals surface area contributed by atoms with E-state index in [0.29, 0.717) is 12.3 Å². The predicted octanol–water partition coefficient (Wildman–Crippen LogP) is 5.08. The summed E-state index contributed by atoms with van der Waals surface area (Å²) in [4.78, 5) is 18.1. The number of amides is 1. The van der Waals surface area contributed by atoms with Crippen molar-refractivity contribution in [2.24, 2.45) is 0 Å². The highest BCUT2D eigenvalue weighted by molar-refractivity contribution is 5.85. The van der Waals surface area contributed by atoms with Crippen LogP contribution in [0.4, 0.5) is 0 Å². The Morgan fingerprint density at radius 2 is 1.83 bits per heavy atom. The topological polar surface area (TPSA) is 45.3 Å². The molecule has 2 heterocycles. The number of nitrogens with one attached hydrogen (secondary N) is 1. The van der Waals surface area contributed by atoms with Crippen molar-refractivity contribution < 1.29 is 9.53 Å². The van der Waals surface area contributed by atoms with Crippen LogP contribution in [0.5, 0.6) is 5.75 Å². The number of hydrogen-bond acceptors (Lipinski definition) is 2. The summed E-state index contributed by atoms with van der Waals surface area (Å²) in [7, 11) is 1.70. The second-order valence-corrected chi connectivity index (χ2v) is 7.98. The highest BCUT2D eigenvalue weighted by Crippen LogP contribution is 2.34. The molecule has 1 saturated heterocycles. The van der Waals surface area contributed by atoms with Gasteiger partial charge >= 0.3 is 0 Å². The molecule has 1 amide bonds. The van der Waals surface area contributed by atoms with E-state index in [9.17, 15) is 4.79 Å². The van der Waals surface area contributed by atoms with Gasteiger partial charge in [0.2, 0.25) is 5.91 Å². The summed E-state index contributed by atoms with van der Waals surface area (Å²) in [5.74, 6) is 1.66. The van der Waals surface area contributed by atoms with Crippen LogP contribution in [-0.2, 0) is 17.6 Å². The summed E-state index contributed by atoms with van der Waals surface area (Å²) in [5, 5.41) is 1.24. The predicted molar refractivity (Wildman–Crippen MR) is 118 cm³/mol. The fourth-order valence-corrected chi connectivity index (χ4v) is 4.38. The van der Waals surface area contributed by atoms with Crippen molar-refractivity contribution >= 4 is 16.8 Å². The number of methoxy groups -OCH3 is 1. The first kappa shape index (κ1) is 19.6. The lowest BCUT2D eigenvalue weighted by Gasteiger charge is -2.32. The number of ether oxygens (including phenoxy) is 1. The van der Waals surface area contributed by atoms with Crippen molar-refractivity contribution in [2.75, 3.05) is 20.2 Å². The fraction of sp³-hybridized carbons (Fsp3) is 0.400. The van der Waals surface area contributed by atoms with Gasteiger partial charge in [-0.3, -0.25) is 4.79 Å². The van der Waals surface area contributed by atoms with Crippen molar-refractivity contribution in [3.05, 3.63) is 65.4 Å². The van der Waals surface area contributed by atoms with Crippen molar-refractivity contribution in [3.63, 3.8) is 0 Å². The molecule has 4 rings (SSSR count). The van der Waals surface area contributed by atoms with Gasteiger partial charge < -0.3 is 14.6 Å². The van der Waals surface area contributed by atoms with Gasteiger partial charge in [0.15, 0.2) is 0 Å². The van der Waals surface area contributed by atoms with E-state index in [1.807, 2.05) is 11.0 Å². The van der Waals surface area contributed by atoms with E-state index >= 15 is 0 Å². The highest BCUT2D eigenvalue weighted by Gasteiger charge is 2.25. The van der Waals surface area contributed by atoms with Crippen LogP contribution in [0.25, 0.3) is 10.9 Å². The third kappa shape index (κ3) is 4.31. The number of piperidine rings is 1. The SMILES string of the molecule is CCc1ccc(CCC(=O)N2CCC(c3c[nH]c4ccc(OC)cc34)CC2)cc1. The minimum Gasteiger partial charge on any atom is -0.497 e. The zero-order valence-corrected chi connectivity index (χ0v) is 17.4. The molecule has 1 N–H and O–H groups in total. The fourth-order valence-electron chi connectivity index (χ4n) is 4.38. The van der Waals surface area contributed by atoms with Gasteiger partial charge in [-0.2, -0.15) is 0 Å². The molecule has 29 heavy (non-hydrogen) atoms. The molecule has 1 aliphatic rings. The number of rotatable bonds is 6. The summed E-state index contributed by atoms with van der Waals surface area (Å²) in [5.41, 5.74) is 5.09. The van der Waals surface area contributed by atoms with Crippen LogP contribution in [0.3, 0.4) is 0 Å². The van der Waals surface area contributed by atoms with Crippen molar-refractivity contribution in [1.29, 1.82) is 0 Å². The summed E-state index contributed by atoms with van der Waals surface area (Å²) in [6.07, 6.45) is 6.64. The molecule has 0 atom stereocenters. The third-order valence-corrected chi connectivity index (χ3v) is 6.27. The number of fused-ring (bicyclic) bond motifs is 1. The van der Waals surface area contributed by atoms with Crippen molar-refractivity contribution in [1.82, 2.24) is 9.88 Å². The van der Waals surface area contributed by atoms with Crippen molar-refractivity contribution in [3.8, 4) is 5.75 Å². The Labute approximate surface area is 172 Å². The lowest BCUT2D eigenvalue weighted by molar-refractivity contribution is -0.132. The second kappa shape index (κ2) is 8.73. The number of carbonyl (C=O) groups excluding carboxylic acids is 1. The number of carbonyl (C=O) groups is 1. The molecule has 3 aromatic rings. The maximum absolute atomic E-state index is 12.7. The lowest BCUT2D eigenvalue weighted by Crippen LogP contribution is -2.38. The Morgan fingerprint density at radius 3 is 2.52 bits per heavy atom. The summed E-state index contributed by atoms with van der Waals surface area (Å²) >= 11 is 0. The first-order chi connectivity index (χ1) is 14.2. The van der Waals surface area contributed by atoms with Gasteiger partial charge in [0.25, 0.3) is 0 Å². The quantitative estimate of drug-likeness (QED) is 0.638. The molecule has 0 unspecified atom stereocenters. The number of hydrogen-bond donors (Lipinski definition) is 1. The van der Waals surface area contributed by atoms with E-state index in [2.05, 4.69) is 54.5 Å². The van der Waals surface area contributed by atoms with Crippen LogP contribution in [0.1, 0.15) is 48.8 Å². The zero-order chi connectivity index (χ0) is 20.2. The number of benzene rings is 2. The molecule has 1 aromatic heterocycles. The number of aromatic amines is 1. The van der Waals surface area contributed by atoms with Gasteiger partial charge in [0, 0.05) is 36.6 Å². The van der Waals surface area contributed by atoms with Gasteiger partial charge in [-0.25, -0.2) is 0 Å². The molecule has 2 aromatic carbocycles. The van der Waals surface area contributed by atoms with E-state index in [1.54, 1.807) is 7.11 Å². The van der Waals surface area contributed by atoms with E-state index in [4.69, 9.17) is 4.74 Å². The molecule has 0 spiro atoms. The van der Waals surface area contributed by atoms with Gasteiger partial charge in [-0.1, -0.05) is 31.2 Å². The van der Waals surface area contributed by atoms with Crippen molar-refractivity contribution in [2.45, 2.75) is 44.9 Å². The molecule has 0 radical (unpaired) electrons. The first-order valence-electron chi connectivity index (χ1n) is 10.7. The van der Waals surface area contributed by atoms with E-state index in [-0.39, 0.29) is 5.91 Å². The number of likely N-dealkylation sites (tertiary alicyclic amines) is 1. The molecule has 152 valence electrons. The molecule has 0 saturated carbocycles.